The number of aliphatic carboxylic acids is 1. The van der Waals surface area contributed by atoms with Crippen molar-refractivity contribution < 1.29 is 9.90 Å². The molecule has 1 aliphatic rings. The van der Waals surface area contributed by atoms with E-state index in [-0.39, 0.29) is 0 Å². The predicted octanol–water partition coefficient (Wildman–Crippen LogP) is 3.34. The van der Waals surface area contributed by atoms with Crippen molar-refractivity contribution in [2.45, 2.75) is 24.7 Å². The van der Waals surface area contributed by atoms with Gasteiger partial charge >= 0.3 is 5.97 Å². The fourth-order valence-corrected chi connectivity index (χ4v) is 3.04. The van der Waals surface area contributed by atoms with Gasteiger partial charge in [0.1, 0.15) is 0 Å². The first kappa shape index (κ1) is 11.6. The SMILES string of the molecule is Cn1ccc2c(Cl)cc(C3(C(=O)O)CCC3)cc21. The molecule has 4 heteroatoms. The van der Waals surface area contributed by atoms with Crippen LogP contribution in [0.25, 0.3) is 10.9 Å². The Morgan fingerprint density at radius 1 is 1.44 bits per heavy atom. The number of aryl methyl sites for hydroxylation is 1. The van der Waals surface area contributed by atoms with Crippen LogP contribution in [0.2, 0.25) is 5.02 Å². The summed E-state index contributed by atoms with van der Waals surface area (Å²) in [5.74, 6) is -0.738. The Kier molecular flexibility index (Phi) is 2.42. The molecular formula is C14H14ClNO2. The Balaban J connectivity index is 2.24. The van der Waals surface area contributed by atoms with Crippen LogP contribution in [-0.2, 0) is 17.3 Å². The van der Waals surface area contributed by atoms with Crippen molar-refractivity contribution in [2.24, 2.45) is 7.05 Å². The van der Waals surface area contributed by atoms with Gasteiger partial charge in [-0.2, -0.15) is 0 Å². The van der Waals surface area contributed by atoms with Crippen molar-refractivity contribution in [3.05, 3.63) is 35.0 Å². The Morgan fingerprint density at radius 2 is 2.17 bits per heavy atom. The average molecular weight is 264 g/mol. The van der Waals surface area contributed by atoms with Crippen molar-refractivity contribution in [1.29, 1.82) is 0 Å². The molecule has 0 spiro atoms. The third-order valence-corrected chi connectivity index (χ3v) is 4.43. The summed E-state index contributed by atoms with van der Waals surface area (Å²) in [6.07, 6.45) is 4.31. The molecule has 0 unspecified atom stereocenters. The van der Waals surface area contributed by atoms with Crippen LogP contribution in [0.1, 0.15) is 24.8 Å². The predicted molar refractivity (Wildman–Crippen MR) is 71.1 cm³/mol. The number of aromatic nitrogens is 1. The van der Waals surface area contributed by atoms with Crippen molar-refractivity contribution in [2.75, 3.05) is 0 Å². The quantitative estimate of drug-likeness (QED) is 0.903. The highest BCUT2D eigenvalue weighted by Crippen LogP contribution is 2.45. The molecule has 0 bridgehead atoms. The van der Waals surface area contributed by atoms with E-state index in [4.69, 9.17) is 11.6 Å². The second-order valence-corrected chi connectivity index (χ2v) is 5.47. The van der Waals surface area contributed by atoms with Gasteiger partial charge in [-0.3, -0.25) is 4.79 Å². The fraction of sp³-hybridized carbons (Fsp3) is 0.357. The third-order valence-electron chi connectivity index (χ3n) is 4.12. The lowest BCUT2D eigenvalue weighted by atomic mass is 9.64. The summed E-state index contributed by atoms with van der Waals surface area (Å²) in [4.78, 5) is 11.5. The van der Waals surface area contributed by atoms with Crippen molar-refractivity contribution in [3.63, 3.8) is 0 Å². The number of halogens is 1. The summed E-state index contributed by atoms with van der Waals surface area (Å²) in [7, 11) is 1.94. The Bertz CT molecular complexity index is 641. The van der Waals surface area contributed by atoms with Gasteiger partial charge in [0.25, 0.3) is 0 Å². The topological polar surface area (TPSA) is 42.2 Å². The van der Waals surface area contributed by atoms with Crippen LogP contribution in [0.4, 0.5) is 0 Å². The van der Waals surface area contributed by atoms with E-state index in [0.29, 0.717) is 17.9 Å². The number of nitrogens with zero attached hydrogens (tertiary/aromatic N) is 1. The van der Waals surface area contributed by atoms with E-state index >= 15 is 0 Å². The molecule has 0 saturated heterocycles. The van der Waals surface area contributed by atoms with Gasteiger partial charge in [0.15, 0.2) is 0 Å². The number of benzene rings is 1. The van der Waals surface area contributed by atoms with E-state index in [1.54, 1.807) is 0 Å². The van der Waals surface area contributed by atoms with Gasteiger partial charge in [0.2, 0.25) is 0 Å². The number of carboxylic acid groups (broad SMARTS) is 1. The highest BCUT2D eigenvalue weighted by atomic mass is 35.5. The summed E-state index contributed by atoms with van der Waals surface area (Å²) < 4.78 is 1.97. The molecule has 18 heavy (non-hydrogen) atoms. The first-order valence-electron chi connectivity index (χ1n) is 6.03. The molecule has 1 aliphatic carbocycles. The number of fused-ring (bicyclic) bond motifs is 1. The summed E-state index contributed by atoms with van der Waals surface area (Å²) in [6, 6.07) is 5.74. The lowest BCUT2D eigenvalue weighted by Crippen LogP contribution is -2.42. The van der Waals surface area contributed by atoms with Gasteiger partial charge in [-0.1, -0.05) is 18.0 Å². The highest BCUT2D eigenvalue weighted by Gasteiger charge is 2.46. The largest absolute Gasteiger partial charge is 0.481 e. The molecular weight excluding hydrogens is 250 g/mol. The Hall–Kier alpha value is -1.48. The first-order valence-corrected chi connectivity index (χ1v) is 6.41. The van der Waals surface area contributed by atoms with E-state index in [9.17, 15) is 9.90 Å². The summed E-state index contributed by atoms with van der Waals surface area (Å²) in [5, 5.41) is 11.1. The molecule has 1 aromatic carbocycles. The minimum atomic E-state index is -0.738. The minimum Gasteiger partial charge on any atom is -0.481 e. The molecule has 3 nitrogen and oxygen atoms in total. The van der Waals surface area contributed by atoms with Crippen LogP contribution in [0.3, 0.4) is 0 Å². The monoisotopic (exact) mass is 263 g/mol. The molecule has 94 valence electrons. The third kappa shape index (κ3) is 1.40. The molecule has 1 heterocycles. The van der Waals surface area contributed by atoms with Gasteiger partial charge in [0, 0.05) is 24.1 Å². The number of carbonyl (C=O) groups is 1. The molecule has 0 amide bonds. The van der Waals surface area contributed by atoms with E-state index in [2.05, 4.69) is 0 Å². The van der Waals surface area contributed by atoms with E-state index in [1.165, 1.54) is 0 Å². The van der Waals surface area contributed by atoms with Gasteiger partial charge in [0.05, 0.1) is 10.4 Å². The molecule has 0 atom stereocenters. The lowest BCUT2D eigenvalue weighted by Gasteiger charge is -2.38. The summed E-state index contributed by atoms with van der Waals surface area (Å²) in [5.41, 5.74) is 1.10. The van der Waals surface area contributed by atoms with Gasteiger partial charge in [-0.25, -0.2) is 0 Å². The van der Waals surface area contributed by atoms with Crippen LogP contribution in [0.5, 0.6) is 0 Å². The van der Waals surface area contributed by atoms with Crippen LogP contribution >= 0.6 is 11.6 Å². The normalized spacial score (nSPS) is 17.7. The first-order chi connectivity index (χ1) is 8.54. The molecule has 2 aromatic rings. The Labute approximate surface area is 110 Å². The average Bonchev–Trinajstić information content (AvgIpc) is 2.59. The Morgan fingerprint density at radius 3 is 2.72 bits per heavy atom. The molecule has 1 fully saturated rings. The number of carboxylic acids is 1. The summed E-state index contributed by atoms with van der Waals surface area (Å²) >= 11 is 6.26. The molecule has 1 aromatic heterocycles. The summed E-state index contributed by atoms with van der Waals surface area (Å²) in [6.45, 7) is 0. The zero-order valence-electron chi connectivity index (χ0n) is 10.1. The van der Waals surface area contributed by atoms with E-state index < -0.39 is 11.4 Å². The van der Waals surface area contributed by atoms with Crippen molar-refractivity contribution in [1.82, 2.24) is 4.57 Å². The van der Waals surface area contributed by atoms with Crippen LogP contribution in [0, 0.1) is 0 Å². The maximum Gasteiger partial charge on any atom is 0.314 e. The molecule has 0 radical (unpaired) electrons. The van der Waals surface area contributed by atoms with E-state index in [0.717, 1.165) is 22.9 Å². The van der Waals surface area contributed by atoms with E-state index in [1.807, 2.05) is 36.0 Å². The molecule has 0 aliphatic heterocycles. The van der Waals surface area contributed by atoms with Crippen LogP contribution < -0.4 is 0 Å². The number of hydrogen-bond donors (Lipinski definition) is 1. The second-order valence-electron chi connectivity index (χ2n) is 5.06. The van der Waals surface area contributed by atoms with Gasteiger partial charge in [-0.15, -0.1) is 0 Å². The standard InChI is InChI=1S/C14H14ClNO2/c1-16-6-3-10-11(15)7-9(8-12(10)16)14(13(17)18)4-2-5-14/h3,6-8H,2,4-5H2,1H3,(H,17,18). The number of hydrogen-bond acceptors (Lipinski definition) is 1. The zero-order chi connectivity index (χ0) is 12.9. The van der Waals surface area contributed by atoms with Crippen molar-refractivity contribution >= 4 is 28.5 Å². The molecule has 1 N–H and O–H groups in total. The molecule has 1 saturated carbocycles. The lowest BCUT2D eigenvalue weighted by molar-refractivity contribution is -0.147. The van der Waals surface area contributed by atoms with Gasteiger partial charge < -0.3 is 9.67 Å². The molecule has 3 rings (SSSR count). The zero-order valence-corrected chi connectivity index (χ0v) is 10.9. The fourth-order valence-electron chi connectivity index (χ4n) is 2.76. The minimum absolute atomic E-state index is 0.635. The smallest absolute Gasteiger partial charge is 0.314 e. The maximum absolute atomic E-state index is 11.5. The van der Waals surface area contributed by atoms with Gasteiger partial charge in [-0.05, 0) is 36.6 Å². The number of rotatable bonds is 2. The second kappa shape index (κ2) is 3.75. The van der Waals surface area contributed by atoms with Crippen LogP contribution in [-0.4, -0.2) is 15.6 Å². The highest BCUT2D eigenvalue weighted by molar-refractivity contribution is 6.35. The maximum atomic E-state index is 11.5. The van der Waals surface area contributed by atoms with Crippen molar-refractivity contribution in [3.8, 4) is 0 Å². The van der Waals surface area contributed by atoms with Crippen LogP contribution in [0.15, 0.2) is 24.4 Å².